The Bertz CT molecular complexity index is 908. The fourth-order valence-electron chi connectivity index (χ4n) is 5.16. The molecule has 4 rings (SSSR count). The molecular formula is C25H34NO5S+. The van der Waals surface area contributed by atoms with Crippen LogP contribution in [0.25, 0.3) is 0 Å². The quantitative estimate of drug-likeness (QED) is 0.601. The van der Waals surface area contributed by atoms with E-state index in [2.05, 4.69) is 18.8 Å². The average Bonchev–Trinajstić information content (AvgIpc) is 3.17. The van der Waals surface area contributed by atoms with E-state index in [-0.39, 0.29) is 34.3 Å². The lowest BCUT2D eigenvalue weighted by molar-refractivity contribution is -0.784. The van der Waals surface area contributed by atoms with Crippen molar-refractivity contribution >= 4 is 28.9 Å². The Hall–Kier alpha value is -1.72. The lowest BCUT2D eigenvalue weighted by Crippen LogP contribution is -3.15. The smallest absolute Gasteiger partial charge is 0.352 e. The van der Waals surface area contributed by atoms with Gasteiger partial charge in [-0.25, -0.2) is 14.5 Å². The van der Waals surface area contributed by atoms with Crippen LogP contribution in [0.15, 0.2) is 6.07 Å². The summed E-state index contributed by atoms with van der Waals surface area (Å²) in [6, 6.07) is 1.82. The molecule has 174 valence electrons. The van der Waals surface area contributed by atoms with Crippen molar-refractivity contribution in [1.29, 1.82) is 0 Å². The van der Waals surface area contributed by atoms with Crippen LogP contribution in [-0.2, 0) is 9.53 Å². The fourth-order valence-corrected chi connectivity index (χ4v) is 6.03. The van der Waals surface area contributed by atoms with Gasteiger partial charge in [0.15, 0.2) is 10.6 Å². The molecule has 6 nitrogen and oxygen atoms in total. The summed E-state index contributed by atoms with van der Waals surface area (Å²) in [5, 5.41) is 20.0. The molecule has 2 heterocycles. The van der Waals surface area contributed by atoms with Crippen LogP contribution >= 0.6 is 11.3 Å². The maximum Gasteiger partial charge on any atom is 0.352 e. The number of carbonyl (C=O) groups is 2. The van der Waals surface area contributed by atoms with Crippen molar-refractivity contribution in [2.24, 2.45) is 17.3 Å². The van der Waals surface area contributed by atoms with Gasteiger partial charge in [0.25, 0.3) is 0 Å². The standard InChI is InChI=1S/C25H33NO5S/c1-16-3-5-17(6-4-16)23(28)26(18-7-9-19(27)10-8-18)21-13-20(32-22(21)24(29)30)11-12-25(2)14-31-15-25/h13,16-19,27H,3-10,14-15H2,1-2H3,(H,29,30)/p+1. The van der Waals surface area contributed by atoms with Crippen LogP contribution < -0.4 is 4.90 Å². The van der Waals surface area contributed by atoms with E-state index in [1.165, 1.54) is 0 Å². The molecule has 0 radical (unpaired) electrons. The predicted octanol–water partition coefficient (Wildman–Crippen LogP) is 3.01. The zero-order chi connectivity index (χ0) is 22.9. The number of ether oxygens (including phenoxy) is 1. The number of aliphatic hydroxyl groups excluding tert-OH is 1. The molecule has 7 heteroatoms. The summed E-state index contributed by atoms with van der Waals surface area (Å²) in [5.41, 5.74) is 0.376. The van der Waals surface area contributed by atoms with Crippen molar-refractivity contribution in [1.82, 2.24) is 0 Å². The normalized spacial score (nSPS) is 30.5. The molecule has 0 spiro atoms. The van der Waals surface area contributed by atoms with E-state index in [4.69, 9.17) is 4.74 Å². The molecule has 0 aromatic carbocycles. The first kappa shape index (κ1) is 23.4. The number of rotatable bonds is 4. The number of carboxylic acid groups (broad SMARTS) is 1. The fraction of sp³-hybridized carbons (Fsp3) is 0.680. The molecule has 1 unspecified atom stereocenters. The third kappa shape index (κ3) is 5.09. The van der Waals surface area contributed by atoms with E-state index in [0.29, 0.717) is 47.4 Å². The van der Waals surface area contributed by atoms with Gasteiger partial charge in [0, 0.05) is 18.9 Å². The number of aliphatic hydroxyl groups is 1. The second-order valence-corrected chi connectivity index (χ2v) is 11.3. The van der Waals surface area contributed by atoms with Crippen molar-refractivity contribution < 1.29 is 29.4 Å². The molecule has 3 fully saturated rings. The van der Waals surface area contributed by atoms with Crippen LogP contribution in [0.5, 0.6) is 0 Å². The van der Waals surface area contributed by atoms with Crippen LogP contribution in [0, 0.1) is 29.1 Å². The Morgan fingerprint density at radius 3 is 2.34 bits per heavy atom. The minimum Gasteiger partial charge on any atom is -0.477 e. The number of hydrogen-bond donors (Lipinski definition) is 3. The van der Waals surface area contributed by atoms with Gasteiger partial charge in [0.2, 0.25) is 0 Å². The average molecular weight is 461 g/mol. The maximum atomic E-state index is 13.8. The minimum absolute atomic E-state index is 0.00342. The first-order valence-electron chi connectivity index (χ1n) is 11.8. The van der Waals surface area contributed by atoms with E-state index >= 15 is 0 Å². The number of carboxylic acids is 1. The summed E-state index contributed by atoms with van der Waals surface area (Å²) < 4.78 is 5.26. The van der Waals surface area contributed by atoms with E-state index in [0.717, 1.165) is 49.9 Å². The molecule has 1 atom stereocenters. The van der Waals surface area contributed by atoms with Crippen molar-refractivity contribution in [2.75, 3.05) is 13.2 Å². The zero-order valence-corrected chi connectivity index (χ0v) is 19.8. The van der Waals surface area contributed by atoms with E-state index in [9.17, 15) is 19.8 Å². The molecule has 1 aromatic rings. The Balaban J connectivity index is 1.67. The van der Waals surface area contributed by atoms with Crippen molar-refractivity contribution in [3.05, 3.63) is 15.8 Å². The topological polar surface area (TPSA) is 88.3 Å². The summed E-state index contributed by atoms with van der Waals surface area (Å²) >= 11 is 1.16. The van der Waals surface area contributed by atoms with Gasteiger partial charge in [-0.2, -0.15) is 0 Å². The first-order valence-corrected chi connectivity index (χ1v) is 12.6. The first-order chi connectivity index (χ1) is 15.3. The van der Waals surface area contributed by atoms with Gasteiger partial charge in [-0.1, -0.05) is 18.8 Å². The van der Waals surface area contributed by atoms with Crippen molar-refractivity contribution in [3.8, 4) is 11.8 Å². The van der Waals surface area contributed by atoms with Crippen LogP contribution in [0.3, 0.4) is 0 Å². The molecule has 1 aromatic heterocycles. The number of nitrogens with one attached hydrogen (secondary N) is 1. The van der Waals surface area contributed by atoms with E-state index in [1.54, 1.807) is 0 Å². The van der Waals surface area contributed by atoms with E-state index < -0.39 is 5.97 Å². The Morgan fingerprint density at radius 1 is 1.12 bits per heavy atom. The predicted molar refractivity (Wildman–Crippen MR) is 122 cm³/mol. The number of carbonyl (C=O) groups excluding carboxylic acids is 1. The highest BCUT2D eigenvalue weighted by molar-refractivity contribution is 7.15. The molecule has 1 aliphatic heterocycles. The Kier molecular flexibility index (Phi) is 7.06. The molecule has 3 aliphatic rings. The van der Waals surface area contributed by atoms with Gasteiger partial charge >= 0.3 is 11.9 Å². The third-order valence-corrected chi connectivity index (χ3v) is 8.34. The highest BCUT2D eigenvalue weighted by Crippen LogP contribution is 2.31. The minimum atomic E-state index is -1.00. The molecular weight excluding hydrogens is 426 g/mol. The molecule has 2 saturated carbocycles. The van der Waals surface area contributed by atoms with Gasteiger partial charge in [-0.05, 0) is 51.4 Å². The molecule has 0 bridgehead atoms. The monoisotopic (exact) mass is 460 g/mol. The van der Waals surface area contributed by atoms with Gasteiger partial charge in [-0.3, -0.25) is 0 Å². The van der Waals surface area contributed by atoms with Crippen LogP contribution in [0.2, 0.25) is 0 Å². The molecule has 32 heavy (non-hydrogen) atoms. The summed E-state index contributed by atoms with van der Waals surface area (Å²) in [6.45, 7) is 5.44. The third-order valence-electron chi connectivity index (χ3n) is 7.30. The number of hydrogen-bond acceptors (Lipinski definition) is 5. The number of amides is 1. The Labute approximate surface area is 194 Å². The molecule has 1 saturated heterocycles. The van der Waals surface area contributed by atoms with Crippen LogP contribution in [0.1, 0.15) is 79.8 Å². The van der Waals surface area contributed by atoms with Gasteiger partial charge in [0.05, 0.1) is 41.6 Å². The highest BCUT2D eigenvalue weighted by Gasteiger charge is 2.42. The summed E-state index contributed by atoms with van der Waals surface area (Å²) in [4.78, 5) is 27.5. The second kappa shape index (κ2) is 9.64. The molecule has 3 N–H and O–H groups in total. The highest BCUT2D eigenvalue weighted by atomic mass is 32.1. The Morgan fingerprint density at radius 2 is 1.78 bits per heavy atom. The van der Waals surface area contributed by atoms with Crippen LogP contribution in [0.4, 0.5) is 5.69 Å². The molecule has 2 aliphatic carbocycles. The number of aromatic carboxylic acids is 1. The maximum absolute atomic E-state index is 13.8. The molecule has 1 amide bonds. The van der Waals surface area contributed by atoms with Gasteiger partial charge in [0.1, 0.15) is 0 Å². The number of thiophene rings is 1. The van der Waals surface area contributed by atoms with Crippen molar-refractivity contribution in [3.63, 3.8) is 0 Å². The summed E-state index contributed by atoms with van der Waals surface area (Å²) in [6.07, 6.45) is 6.24. The largest absolute Gasteiger partial charge is 0.477 e. The van der Waals surface area contributed by atoms with Crippen LogP contribution in [-0.4, -0.2) is 47.4 Å². The summed E-state index contributed by atoms with van der Waals surface area (Å²) in [7, 11) is 0. The van der Waals surface area contributed by atoms with Gasteiger partial charge < -0.3 is 14.9 Å². The van der Waals surface area contributed by atoms with Crippen molar-refractivity contribution in [2.45, 2.75) is 77.4 Å². The number of quaternary nitrogens is 1. The SMILES string of the molecule is CC1CCC(C(=O)[NH+](c2cc(C#CC3(C)COC3)sc2C(=O)O)C2CCC(O)CC2)CC1. The van der Waals surface area contributed by atoms with Gasteiger partial charge in [-0.15, -0.1) is 11.3 Å². The second-order valence-electron chi connectivity index (χ2n) is 10.2. The lowest BCUT2D eigenvalue weighted by atomic mass is 9.81. The lowest BCUT2D eigenvalue weighted by Gasteiger charge is -2.34. The zero-order valence-electron chi connectivity index (χ0n) is 19.0. The van der Waals surface area contributed by atoms with E-state index in [1.807, 2.05) is 13.0 Å². The summed E-state index contributed by atoms with van der Waals surface area (Å²) in [5.74, 6) is 6.11.